The Balaban J connectivity index is 1.43. The minimum Gasteiger partial charge on any atom is -0.494 e. The van der Waals surface area contributed by atoms with Crippen molar-refractivity contribution < 1.29 is 31.9 Å². The first-order valence-electron chi connectivity index (χ1n) is 12.9. The van der Waals surface area contributed by atoms with Crippen LogP contribution in [0.1, 0.15) is 5.56 Å². The quantitative estimate of drug-likeness (QED) is 0.258. The number of hydrogen-bond acceptors (Lipinski definition) is 9. The van der Waals surface area contributed by atoms with Crippen LogP contribution in [0.2, 0.25) is 0 Å². The summed E-state index contributed by atoms with van der Waals surface area (Å²) in [5.41, 5.74) is 0.772. The maximum atomic E-state index is 14.0. The summed E-state index contributed by atoms with van der Waals surface area (Å²) in [4.78, 5) is 13.6. The number of methoxy groups -OCH3 is 1. The van der Waals surface area contributed by atoms with Gasteiger partial charge in [0.1, 0.15) is 36.7 Å². The van der Waals surface area contributed by atoms with Crippen LogP contribution >= 0.6 is 7.14 Å². The summed E-state index contributed by atoms with van der Waals surface area (Å²) in [6.07, 6.45) is -3.80. The predicted octanol–water partition coefficient (Wildman–Crippen LogP) is 5.32. The van der Waals surface area contributed by atoms with E-state index >= 15 is 0 Å². The van der Waals surface area contributed by atoms with Gasteiger partial charge in [-0.3, -0.25) is 0 Å². The molecule has 2 aliphatic heterocycles. The number of alkyl halides is 3. The van der Waals surface area contributed by atoms with Crippen LogP contribution in [0, 0.1) is 0 Å². The lowest BCUT2D eigenvalue weighted by molar-refractivity contribution is -0.136. The van der Waals surface area contributed by atoms with E-state index in [4.69, 9.17) is 14.2 Å². The summed E-state index contributed by atoms with van der Waals surface area (Å²) in [6, 6.07) is 10.5. The van der Waals surface area contributed by atoms with Crippen molar-refractivity contribution in [3.63, 3.8) is 0 Å². The minimum atomic E-state index is -4.66. The van der Waals surface area contributed by atoms with Gasteiger partial charge in [0.25, 0.3) is 0 Å². The molecule has 4 aromatic rings. The molecule has 0 unspecified atom stereocenters. The number of nitrogens with zero attached hydrogens (tertiary/aromatic N) is 3. The Labute approximate surface area is 233 Å². The van der Waals surface area contributed by atoms with E-state index in [0.717, 1.165) is 11.9 Å². The Kier molecular flexibility index (Phi) is 6.74. The number of H-pyrrole nitrogens is 1. The summed E-state index contributed by atoms with van der Waals surface area (Å²) in [7, 11) is -1.25. The van der Waals surface area contributed by atoms with E-state index < -0.39 is 18.9 Å². The highest BCUT2D eigenvalue weighted by atomic mass is 31.2. The van der Waals surface area contributed by atoms with Crippen molar-refractivity contribution in [1.82, 2.24) is 15.0 Å². The molecule has 1 saturated heterocycles. The van der Waals surface area contributed by atoms with Gasteiger partial charge in [0.15, 0.2) is 0 Å². The van der Waals surface area contributed by atoms with Crippen molar-refractivity contribution in [2.75, 3.05) is 62.3 Å². The standard InChI is InChI=1S/C27H28F3N6O4P/c1-38-20-11-19-21(40-14-15-13-39-9-8-36(15)19)10-18(20)33-26-34-24-23(16(12-31-24)27(28,29)30)25(35-26)32-17-6-4-5-7-22(17)41(2,3)37/h4-7,10-12,15H,8-9,13-14H2,1-3H3,(H3,31,32,33,34,35)/t15-/m1/s1. The lowest BCUT2D eigenvalue weighted by Crippen LogP contribution is -2.51. The molecule has 14 heteroatoms. The number of anilines is 5. The smallest absolute Gasteiger partial charge is 0.418 e. The molecule has 216 valence electrons. The number of para-hydroxylation sites is 1. The zero-order valence-corrected chi connectivity index (χ0v) is 23.4. The van der Waals surface area contributed by atoms with E-state index in [9.17, 15) is 17.7 Å². The molecule has 1 atom stereocenters. The van der Waals surface area contributed by atoms with Crippen molar-refractivity contribution in [3.05, 3.63) is 48.2 Å². The van der Waals surface area contributed by atoms with Gasteiger partial charge in [0, 0.05) is 30.2 Å². The molecule has 1 fully saturated rings. The third-order valence-corrected chi connectivity index (χ3v) is 8.62. The number of aromatic amines is 1. The zero-order chi connectivity index (χ0) is 28.9. The highest BCUT2D eigenvalue weighted by Crippen LogP contribution is 2.44. The fourth-order valence-corrected chi connectivity index (χ4v) is 6.31. The number of benzene rings is 2. The highest BCUT2D eigenvalue weighted by Gasteiger charge is 2.36. The second-order valence-electron chi connectivity index (χ2n) is 10.2. The molecule has 2 aromatic carbocycles. The number of aromatic nitrogens is 3. The molecule has 0 radical (unpaired) electrons. The van der Waals surface area contributed by atoms with E-state index in [1.165, 1.54) is 7.11 Å². The Morgan fingerprint density at radius 2 is 1.93 bits per heavy atom. The number of morpholine rings is 1. The molecule has 10 nitrogen and oxygen atoms in total. The Bertz CT molecular complexity index is 1670. The summed E-state index contributed by atoms with van der Waals surface area (Å²) < 4.78 is 72.0. The van der Waals surface area contributed by atoms with Crippen LogP contribution < -0.4 is 30.3 Å². The van der Waals surface area contributed by atoms with Crippen LogP contribution in [-0.4, -0.2) is 67.8 Å². The molecule has 0 bridgehead atoms. The SMILES string of the molecule is COc1cc2c(cc1Nc1nc(Nc3ccccc3P(C)(C)=O)c3c(C(F)(F)F)c[nH]c3n1)OC[C@H]1COCCN21. The molecular weight excluding hydrogens is 560 g/mol. The molecule has 4 heterocycles. The van der Waals surface area contributed by atoms with E-state index in [0.29, 0.717) is 54.5 Å². The monoisotopic (exact) mass is 588 g/mol. The average molecular weight is 589 g/mol. The topological polar surface area (TPSA) is 114 Å². The number of ether oxygens (including phenoxy) is 3. The first-order chi connectivity index (χ1) is 19.5. The van der Waals surface area contributed by atoms with Crippen molar-refractivity contribution in [3.8, 4) is 11.5 Å². The maximum absolute atomic E-state index is 14.0. The Hall–Kier alpha value is -3.96. The highest BCUT2D eigenvalue weighted by molar-refractivity contribution is 7.70. The molecule has 0 spiro atoms. The molecule has 2 aliphatic rings. The normalized spacial score (nSPS) is 17.0. The summed E-state index contributed by atoms with van der Waals surface area (Å²) in [5.74, 6) is 1.02. The van der Waals surface area contributed by atoms with Crippen LogP contribution in [0.5, 0.6) is 11.5 Å². The second-order valence-corrected chi connectivity index (χ2v) is 13.4. The zero-order valence-electron chi connectivity index (χ0n) is 22.5. The molecule has 41 heavy (non-hydrogen) atoms. The number of hydrogen-bond donors (Lipinski definition) is 3. The largest absolute Gasteiger partial charge is 0.494 e. The molecule has 2 aromatic heterocycles. The van der Waals surface area contributed by atoms with Gasteiger partial charge in [0.05, 0.1) is 54.4 Å². The van der Waals surface area contributed by atoms with Gasteiger partial charge in [-0.05, 0) is 25.5 Å². The van der Waals surface area contributed by atoms with E-state index in [1.807, 2.05) is 6.07 Å². The van der Waals surface area contributed by atoms with E-state index in [2.05, 4.69) is 30.5 Å². The molecule has 6 rings (SSSR count). The lowest BCUT2D eigenvalue weighted by atomic mass is 10.1. The Morgan fingerprint density at radius 1 is 1.12 bits per heavy atom. The molecule has 0 saturated carbocycles. The molecule has 3 N–H and O–H groups in total. The third kappa shape index (κ3) is 5.15. The van der Waals surface area contributed by atoms with Gasteiger partial charge >= 0.3 is 6.18 Å². The van der Waals surface area contributed by atoms with Crippen molar-refractivity contribution in [1.29, 1.82) is 0 Å². The first kappa shape index (κ1) is 27.2. The molecule has 0 aliphatic carbocycles. The summed E-state index contributed by atoms with van der Waals surface area (Å²) >= 11 is 0. The van der Waals surface area contributed by atoms with Crippen LogP contribution in [0.4, 0.5) is 42.0 Å². The fraction of sp³-hybridized carbons (Fsp3) is 0.333. The Morgan fingerprint density at radius 3 is 2.68 bits per heavy atom. The van der Waals surface area contributed by atoms with Gasteiger partial charge in [-0.15, -0.1) is 0 Å². The first-order valence-corrected chi connectivity index (χ1v) is 15.5. The lowest BCUT2D eigenvalue weighted by Gasteiger charge is -2.41. The molecule has 0 amide bonds. The van der Waals surface area contributed by atoms with Crippen molar-refractivity contribution >= 4 is 52.3 Å². The fourth-order valence-electron chi connectivity index (χ4n) is 5.15. The van der Waals surface area contributed by atoms with Gasteiger partial charge in [0.2, 0.25) is 5.95 Å². The summed E-state index contributed by atoms with van der Waals surface area (Å²) in [5, 5.41) is 6.34. The molecular formula is C27H28F3N6O4P. The maximum Gasteiger partial charge on any atom is 0.418 e. The van der Waals surface area contributed by atoms with Crippen molar-refractivity contribution in [2.45, 2.75) is 12.2 Å². The summed E-state index contributed by atoms with van der Waals surface area (Å²) in [6.45, 7) is 5.52. The average Bonchev–Trinajstić information content (AvgIpc) is 3.37. The number of nitrogens with one attached hydrogen (secondary N) is 3. The number of rotatable bonds is 6. The van der Waals surface area contributed by atoms with Crippen LogP contribution in [0.25, 0.3) is 11.0 Å². The number of halogens is 3. The van der Waals surface area contributed by atoms with Gasteiger partial charge in [-0.25, -0.2) is 0 Å². The van der Waals surface area contributed by atoms with Crippen molar-refractivity contribution in [2.24, 2.45) is 0 Å². The van der Waals surface area contributed by atoms with E-state index in [-0.39, 0.29) is 28.8 Å². The van der Waals surface area contributed by atoms with Crippen LogP contribution in [0.15, 0.2) is 42.6 Å². The van der Waals surface area contributed by atoms with Gasteiger partial charge in [-0.1, -0.05) is 12.1 Å². The van der Waals surface area contributed by atoms with Crippen LogP contribution in [0.3, 0.4) is 0 Å². The number of fused-ring (bicyclic) bond motifs is 4. The second kappa shape index (κ2) is 10.1. The van der Waals surface area contributed by atoms with Gasteiger partial charge < -0.3 is 39.3 Å². The third-order valence-electron chi connectivity index (χ3n) is 7.07. The van der Waals surface area contributed by atoms with Crippen LogP contribution in [-0.2, 0) is 15.5 Å². The minimum absolute atomic E-state index is 0.0162. The predicted molar refractivity (Wildman–Crippen MR) is 151 cm³/mol. The van der Waals surface area contributed by atoms with E-state index in [1.54, 1.807) is 43.7 Å². The van der Waals surface area contributed by atoms with Gasteiger partial charge in [-0.2, -0.15) is 23.1 Å².